The summed E-state index contributed by atoms with van der Waals surface area (Å²) in [4.78, 5) is 18.4. The van der Waals surface area contributed by atoms with Crippen LogP contribution < -0.4 is 0 Å². The van der Waals surface area contributed by atoms with Gasteiger partial charge in [0.05, 0.1) is 10.8 Å². The topological polar surface area (TPSA) is 70.6 Å². The van der Waals surface area contributed by atoms with Gasteiger partial charge in [-0.1, -0.05) is 31.0 Å². The highest BCUT2D eigenvalue weighted by atomic mass is 32.2. The quantitative estimate of drug-likeness (QED) is 0.690. The van der Waals surface area contributed by atoms with Crippen LogP contribution in [-0.2, 0) is 14.8 Å². The van der Waals surface area contributed by atoms with Gasteiger partial charge in [0, 0.05) is 32.4 Å². The van der Waals surface area contributed by atoms with Gasteiger partial charge in [0.15, 0.2) is 0 Å². The van der Waals surface area contributed by atoms with Crippen LogP contribution in [0.25, 0.3) is 0 Å². The Labute approximate surface area is 160 Å². The fourth-order valence-electron chi connectivity index (χ4n) is 3.61. The van der Waals surface area contributed by atoms with Gasteiger partial charge in [0.2, 0.25) is 15.9 Å². The average Bonchev–Trinajstić information content (AvgIpc) is 3.21. The maximum Gasteiger partial charge on any atom is 0.244 e. The summed E-state index contributed by atoms with van der Waals surface area (Å²) in [6.45, 7) is 1.69. The molecule has 1 aromatic heterocycles. The molecule has 0 radical (unpaired) electrons. The van der Waals surface area contributed by atoms with Gasteiger partial charge in [-0.05, 0) is 37.8 Å². The molecule has 1 amide bonds. The van der Waals surface area contributed by atoms with Crippen LogP contribution >= 0.6 is 11.8 Å². The van der Waals surface area contributed by atoms with E-state index in [0.717, 1.165) is 51.6 Å². The zero-order valence-corrected chi connectivity index (χ0v) is 16.9. The van der Waals surface area contributed by atoms with Crippen molar-refractivity contribution >= 4 is 27.7 Å². The molecule has 2 heterocycles. The van der Waals surface area contributed by atoms with Crippen LogP contribution in [0.1, 0.15) is 44.9 Å². The van der Waals surface area contributed by atoms with E-state index in [4.69, 9.17) is 0 Å². The first-order chi connectivity index (χ1) is 12.5. The maximum atomic E-state index is 12.8. The van der Waals surface area contributed by atoms with E-state index in [1.807, 2.05) is 4.90 Å². The van der Waals surface area contributed by atoms with Gasteiger partial charge >= 0.3 is 0 Å². The Hall–Kier alpha value is -1.12. The van der Waals surface area contributed by atoms with E-state index in [1.165, 1.54) is 28.7 Å². The number of pyridine rings is 1. The summed E-state index contributed by atoms with van der Waals surface area (Å²) in [7, 11) is -1.84. The van der Waals surface area contributed by atoms with Crippen molar-refractivity contribution in [3.63, 3.8) is 0 Å². The number of rotatable bonds is 6. The van der Waals surface area contributed by atoms with Gasteiger partial charge in [-0.2, -0.15) is 4.31 Å². The third kappa shape index (κ3) is 4.58. The summed E-state index contributed by atoms with van der Waals surface area (Å²) in [5.74, 6) is 0.476. The van der Waals surface area contributed by atoms with Crippen LogP contribution in [0.3, 0.4) is 0 Å². The Morgan fingerprint density at radius 3 is 2.50 bits per heavy atom. The second-order valence-corrected chi connectivity index (χ2v) is 10.0. The molecule has 0 spiro atoms. The standard InChI is InChI=1S/C18H27N3O3S2/c1-20(15-7-3-2-4-8-15)26(23,24)16-9-10-17(19-13-16)25-14-18(22)21-11-5-6-12-21/h9-10,13,15H,2-8,11-12,14H2,1H3. The Morgan fingerprint density at radius 2 is 1.88 bits per heavy atom. The third-order valence-corrected chi connectivity index (χ3v) is 8.10. The van der Waals surface area contributed by atoms with Gasteiger partial charge in [0.25, 0.3) is 0 Å². The lowest BCUT2D eigenvalue weighted by molar-refractivity contribution is -0.127. The molecule has 8 heteroatoms. The number of thioether (sulfide) groups is 1. The van der Waals surface area contributed by atoms with E-state index in [0.29, 0.717) is 10.8 Å². The van der Waals surface area contributed by atoms with E-state index in [9.17, 15) is 13.2 Å². The highest BCUT2D eigenvalue weighted by Gasteiger charge is 2.29. The van der Waals surface area contributed by atoms with Gasteiger partial charge < -0.3 is 4.90 Å². The number of nitrogens with zero attached hydrogens (tertiary/aromatic N) is 3. The molecule has 1 aliphatic carbocycles. The Bertz CT molecular complexity index is 710. The minimum atomic E-state index is -3.51. The highest BCUT2D eigenvalue weighted by Crippen LogP contribution is 2.27. The molecule has 0 unspecified atom stereocenters. The summed E-state index contributed by atoms with van der Waals surface area (Å²) in [5, 5.41) is 0.678. The van der Waals surface area contributed by atoms with Crippen molar-refractivity contribution in [2.75, 3.05) is 25.9 Å². The normalized spacial score (nSPS) is 19.2. The Morgan fingerprint density at radius 1 is 1.19 bits per heavy atom. The molecule has 2 aliphatic rings. The summed E-state index contributed by atoms with van der Waals surface area (Å²) in [6, 6.07) is 3.38. The largest absolute Gasteiger partial charge is 0.342 e. The predicted molar refractivity (Wildman–Crippen MR) is 103 cm³/mol. The van der Waals surface area contributed by atoms with Crippen molar-refractivity contribution in [3.8, 4) is 0 Å². The third-order valence-electron chi connectivity index (χ3n) is 5.28. The minimum absolute atomic E-state index is 0.0842. The van der Waals surface area contributed by atoms with Crippen molar-refractivity contribution in [1.82, 2.24) is 14.2 Å². The SMILES string of the molecule is CN(C1CCCCC1)S(=O)(=O)c1ccc(SCC(=O)N2CCCC2)nc1. The second kappa shape index (κ2) is 8.71. The molecular weight excluding hydrogens is 370 g/mol. The number of sulfonamides is 1. The fraction of sp³-hybridized carbons (Fsp3) is 0.667. The number of hydrogen-bond donors (Lipinski definition) is 0. The van der Waals surface area contributed by atoms with Crippen molar-refractivity contribution in [3.05, 3.63) is 18.3 Å². The predicted octanol–water partition coefficient (Wildman–Crippen LogP) is 2.75. The van der Waals surface area contributed by atoms with Gasteiger partial charge in [-0.15, -0.1) is 0 Å². The number of likely N-dealkylation sites (tertiary alicyclic amines) is 1. The monoisotopic (exact) mass is 397 g/mol. The van der Waals surface area contributed by atoms with Gasteiger partial charge in [-0.25, -0.2) is 13.4 Å². The van der Waals surface area contributed by atoms with E-state index < -0.39 is 10.0 Å². The Kier molecular flexibility index (Phi) is 6.58. The molecule has 1 aromatic rings. The first kappa shape index (κ1) is 19.6. The molecule has 1 aliphatic heterocycles. The molecule has 26 heavy (non-hydrogen) atoms. The molecule has 144 valence electrons. The number of carbonyl (C=O) groups excluding carboxylic acids is 1. The van der Waals surface area contributed by atoms with Crippen molar-refractivity contribution in [2.45, 2.75) is 60.9 Å². The molecule has 0 bridgehead atoms. The average molecular weight is 398 g/mol. The van der Waals surface area contributed by atoms with Crippen LogP contribution in [-0.4, -0.2) is 60.4 Å². The summed E-state index contributed by atoms with van der Waals surface area (Å²) in [5.41, 5.74) is 0. The maximum absolute atomic E-state index is 12.8. The molecule has 0 N–H and O–H groups in total. The smallest absolute Gasteiger partial charge is 0.244 e. The molecule has 0 atom stereocenters. The summed E-state index contributed by atoms with van der Waals surface area (Å²) >= 11 is 1.36. The van der Waals surface area contributed by atoms with Crippen LogP contribution in [0.5, 0.6) is 0 Å². The van der Waals surface area contributed by atoms with Crippen LogP contribution in [0.15, 0.2) is 28.3 Å². The molecule has 1 saturated carbocycles. The van der Waals surface area contributed by atoms with Gasteiger partial charge in [-0.3, -0.25) is 4.79 Å². The highest BCUT2D eigenvalue weighted by molar-refractivity contribution is 7.99. The van der Waals surface area contributed by atoms with E-state index >= 15 is 0 Å². The molecule has 1 saturated heterocycles. The van der Waals surface area contributed by atoms with Crippen molar-refractivity contribution < 1.29 is 13.2 Å². The molecule has 2 fully saturated rings. The van der Waals surface area contributed by atoms with Crippen LogP contribution in [0.2, 0.25) is 0 Å². The fourth-order valence-corrected chi connectivity index (χ4v) is 5.71. The van der Waals surface area contributed by atoms with E-state index in [1.54, 1.807) is 19.2 Å². The zero-order valence-electron chi connectivity index (χ0n) is 15.3. The molecule has 6 nitrogen and oxygen atoms in total. The first-order valence-electron chi connectivity index (χ1n) is 9.33. The first-order valence-corrected chi connectivity index (χ1v) is 11.8. The second-order valence-electron chi connectivity index (χ2n) is 7.02. The lowest BCUT2D eigenvalue weighted by atomic mass is 9.96. The van der Waals surface area contributed by atoms with Crippen LogP contribution in [0.4, 0.5) is 0 Å². The summed E-state index contributed by atoms with van der Waals surface area (Å²) in [6.07, 6.45) is 8.79. The molecule has 0 aromatic carbocycles. The number of amides is 1. The lowest BCUT2D eigenvalue weighted by Gasteiger charge is -2.30. The number of hydrogen-bond acceptors (Lipinski definition) is 5. The number of carbonyl (C=O) groups is 1. The lowest BCUT2D eigenvalue weighted by Crippen LogP contribution is -2.38. The number of aromatic nitrogens is 1. The summed E-state index contributed by atoms with van der Waals surface area (Å²) < 4.78 is 27.1. The molecule has 3 rings (SSSR count). The van der Waals surface area contributed by atoms with Crippen molar-refractivity contribution in [2.24, 2.45) is 0 Å². The minimum Gasteiger partial charge on any atom is -0.342 e. The van der Waals surface area contributed by atoms with E-state index in [2.05, 4.69) is 4.98 Å². The van der Waals surface area contributed by atoms with Gasteiger partial charge in [0.1, 0.15) is 4.90 Å². The van der Waals surface area contributed by atoms with Crippen molar-refractivity contribution in [1.29, 1.82) is 0 Å². The molecular formula is C18H27N3O3S2. The van der Waals surface area contributed by atoms with Crippen LogP contribution in [0, 0.1) is 0 Å². The zero-order chi connectivity index (χ0) is 18.6. The Balaban J connectivity index is 1.59. The van der Waals surface area contributed by atoms with E-state index in [-0.39, 0.29) is 16.8 Å².